The zero-order valence-electron chi connectivity index (χ0n) is 9.78. The van der Waals surface area contributed by atoms with Crippen LogP contribution in [0.3, 0.4) is 0 Å². The van der Waals surface area contributed by atoms with Crippen molar-refractivity contribution >= 4 is 29.2 Å². The van der Waals surface area contributed by atoms with Crippen LogP contribution in [0, 0.1) is 0 Å². The first-order valence-electron chi connectivity index (χ1n) is 5.30. The van der Waals surface area contributed by atoms with Crippen LogP contribution in [-0.2, 0) is 4.74 Å². The Hall–Kier alpha value is -1.79. The molecule has 0 aliphatic rings. The molecule has 0 unspecified atom stereocenters. The minimum atomic E-state index is -0.600. The first-order chi connectivity index (χ1) is 9.02. The monoisotopic (exact) mass is 301 g/mol. The van der Waals surface area contributed by atoms with Crippen molar-refractivity contribution in [3.63, 3.8) is 0 Å². The van der Waals surface area contributed by atoms with Crippen LogP contribution in [-0.4, -0.2) is 32.9 Å². The summed E-state index contributed by atoms with van der Waals surface area (Å²) < 4.78 is 4.78. The summed E-state index contributed by atoms with van der Waals surface area (Å²) in [7, 11) is 0. The number of aromatic amines is 1. The van der Waals surface area contributed by atoms with Gasteiger partial charge in [0.1, 0.15) is 0 Å². The third kappa shape index (κ3) is 2.80. The van der Waals surface area contributed by atoms with Crippen LogP contribution in [0.5, 0.6) is 5.75 Å². The maximum atomic E-state index is 11.4. The van der Waals surface area contributed by atoms with Crippen LogP contribution in [0.4, 0.5) is 0 Å². The molecule has 0 atom stereocenters. The highest BCUT2D eigenvalue weighted by Crippen LogP contribution is 2.35. The number of aromatic nitrogens is 3. The molecule has 19 heavy (non-hydrogen) atoms. The number of nitrogens with zero attached hydrogens (tertiary/aromatic N) is 2. The summed E-state index contributed by atoms with van der Waals surface area (Å²) in [4.78, 5) is 15.4. The van der Waals surface area contributed by atoms with Crippen LogP contribution in [0.1, 0.15) is 17.5 Å². The zero-order valence-corrected chi connectivity index (χ0v) is 11.3. The number of carbonyl (C=O) groups excluding carboxylic acids is 1. The van der Waals surface area contributed by atoms with E-state index in [4.69, 9.17) is 27.9 Å². The smallest absolute Gasteiger partial charge is 0.375 e. The van der Waals surface area contributed by atoms with Crippen molar-refractivity contribution in [1.29, 1.82) is 0 Å². The molecular formula is C11H9Cl2N3O3. The number of aromatic hydroxyl groups is 1. The fraction of sp³-hybridized carbons (Fsp3) is 0.182. The third-order valence-corrected chi connectivity index (χ3v) is 2.81. The van der Waals surface area contributed by atoms with Gasteiger partial charge in [-0.1, -0.05) is 23.2 Å². The number of carbonyl (C=O) groups is 1. The molecule has 8 heteroatoms. The predicted octanol–water partition coefficient (Wildman–Crippen LogP) is 2.66. The van der Waals surface area contributed by atoms with Crippen LogP contribution >= 0.6 is 23.2 Å². The van der Waals surface area contributed by atoms with Gasteiger partial charge in [-0.2, -0.15) is 5.10 Å². The molecule has 0 aliphatic heterocycles. The van der Waals surface area contributed by atoms with Gasteiger partial charge in [0.05, 0.1) is 16.7 Å². The minimum Gasteiger partial charge on any atom is -0.505 e. The fourth-order valence-corrected chi connectivity index (χ4v) is 1.86. The molecule has 2 aromatic rings. The second-order valence-electron chi connectivity index (χ2n) is 3.52. The predicted molar refractivity (Wildman–Crippen MR) is 69.5 cm³/mol. The number of esters is 1. The third-order valence-electron chi connectivity index (χ3n) is 2.23. The Kier molecular flexibility index (Phi) is 3.92. The van der Waals surface area contributed by atoms with Gasteiger partial charge >= 0.3 is 5.97 Å². The topological polar surface area (TPSA) is 88.1 Å². The van der Waals surface area contributed by atoms with E-state index in [1.54, 1.807) is 6.92 Å². The Balaban J connectivity index is 2.35. The average Bonchev–Trinajstić information content (AvgIpc) is 2.85. The van der Waals surface area contributed by atoms with Crippen molar-refractivity contribution in [2.24, 2.45) is 0 Å². The quantitative estimate of drug-likeness (QED) is 0.851. The van der Waals surface area contributed by atoms with Gasteiger partial charge in [0.25, 0.3) is 0 Å². The number of hydrogen-bond donors (Lipinski definition) is 2. The van der Waals surface area contributed by atoms with E-state index in [1.807, 2.05) is 0 Å². The summed E-state index contributed by atoms with van der Waals surface area (Å²) in [6.45, 7) is 1.93. The Morgan fingerprint density at radius 1 is 1.42 bits per heavy atom. The highest BCUT2D eigenvalue weighted by atomic mass is 35.5. The Labute approximate surface area is 118 Å². The van der Waals surface area contributed by atoms with Crippen molar-refractivity contribution in [3.8, 4) is 17.1 Å². The number of hydrogen-bond acceptors (Lipinski definition) is 5. The molecule has 1 heterocycles. The maximum Gasteiger partial charge on any atom is 0.375 e. The molecule has 2 N–H and O–H groups in total. The first-order valence-corrected chi connectivity index (χ1v) is 6.06. The SMILES string of the molecule is CCOC(=O)c1nc(-c2cc(Cl)c(O)c(Cl)c2)n[nH]1. The molecule has 0 fully saturated rings. The van der Waals surface area contributed by atoms with Gasteiger partial charge < -0.3 is 9.84 Å². The normalized spacial score (nSPS) is 10.5. The van der Waals surface area contributed by atoms with E-state index in [-0.39, 0.29) is 34.1 Å². The molecule has 0 amide bonds. The second kappa shape index (κ2) is 5.46. The molecule has 0 spiro atoms. The number of benzene rings is 1. The average molecular weight is 302 g/mol. The lowest BCUT2D eigenvalue weighted by Gasteiger charge is -2.02. The number of rotatable bonds is 3. The van der Waals surface area contributed by atoms with E-state index in [9.17, 15) is 9.90 Å². The lowest BCUT2D eigenvalue weighted by Crippen LogP contribution is -2.06. The number of nitrogens with one attached hydrogen (secondary N) is 1. The molecule has 0 saturated carbocycles. The summed E-state index contributed by atoms with van der Waals surface area (Å²) in [5.74, 6) is -0.602. The molecular weight excluding hydrogens is 293 g/mol. The summed E-state index contributed by atoms with van der Waals surface area (Å²) in [6.07, 6.45) is 0. The van der Waals surface area contributed by atoms with Crippen molar-refractivity contribution in [1.82, 2.24) is 15.2 Å². The van der Waals surface area contributed by atoms with E-state index in [0.29, 0.717) is 5.56 Å². The van der Waals surface area contributed by atoms with Crippen LogP contribution in [0.25, 0.3) is 11.4 Å². The first kappa shape index (κ1) is 13.6. The second-order valence-corrected chi connectivity index (χ2v) is 4.33. The summed E-state index contributed by atoms with van der Waals surface area (Å²) >= 11 is 11.6. The van der Waals surface area contributed by atoms with E-state index in [0.717, 1.165) is 0 Å². The van der Waals surface area contributed by atoms with Crippen molar-refractivity contribution in [2.75, 3.05) is 6.61 Å². The lowest BCUT2D eigenvalue weighted by atomic mass is 10.2. The molecule has 1 aromatic heterocycles. The number of ether oxygens (including phenoxy) is 1. The zero-order chi connectivity index (χ0) is 14.0. The number of halogens is 2. The van der Waals surface area contributed by atoms with Crippen molar-refractivity contribution in [2.45, 2.75) is 6.92 Å². The van der Waals surface area contributed by atoms with Gasteiger partial charge in [0.2, 0.25) is 5.82 Å². The van der Waals surface area contributed by atoms with Gasteiger partial charge in [-0.3, -0.25) is 5.10 Å². The van der Waals surface area contributed by atoms with Gasteiger partial charge in [-0.05, 0) is 19.1 Å². The summed E-state index contributed by atoms with van der Waals surface area (Å²) in [6, 6.07) is 2.89. The molecule has 1 aromatic carbocycles. The van der Waals surface area contributed by atoms with Crippen LogP contribution in [0.15, 0.2) is 12.1 Å². The number of phenols is 1. The molecule has 0 aliphatic carbocycles. The highest BCUT2D eigenvalue weighted by Gasteiger charge is 2.15. The van der Waals surface area contributed by atoms with Gasteiger partial charge in [-0.25, -0.2) is 9.78 Å². The van der Waals surface area contributed by atoms with Crippen molar-refractivity contribution in [3.05, 3.63) is 28.0 Å². The maximum absolute atomic E-state index is 11.4. The number of phenolic OH excluding ortho intramolecular Hbond substituents is 1. The van der Waals surface area contributed by atoms with Gasteiger partial charge in [0, 0.05) is 5.56 Å². The van der Waals surface area contributed by atoms with Gasteiger partial charge in [-0.15, -0.1) is 0 Å². The fourth-order valence-electron chi connectivity index (χ4n) is 1.38. The van der Waals surface area contributed by atoms with Crippen LogP contribution < -0.4 is 0 Å². The molecule has 6 nitrogen and oxygen atoms in total. The largest absolute Gasteiger partial charge is 0.505 e. The Morgan fingerprint density at radius 2 is 2.05 bits per heavy atom. The standard InChI is InChI=1S/C11H9Cl2N3O3/c1-2-19-11(18)10-14-9(15-16-10)5-3-6(12)8(17)7(13)4-5/h3-4,17H,2H2,1H3,(H,14,15,16). The Bertz CT molecular complexity index is 604. The van der Waals surface area contributed by atoms with E-state index >= 15 is 0 Å². The van der Waals surface area contributed by atoms with Gasteiger partial charge in [0.15, 0.2) is 11.6 Å². The number of H-pyrrole nitrogens is 1. The lowest BCUT2D eigenvalue weighted by molar-refractivity contribution is 0.0512. The highest BCUT2D eigenvalue weighted by molar-refractivity contribution is 6.37. The van der Waals surface area contributed by atoms with Crippen molar-refractivity contribution < 1.29 is 14.6 Å². The summed E-state index contributed by atoms with van der Waals surface area (Å²) in [5.41, 5.74) is 0.472. The molecule has 100 valence electrons. The summed E-state index contributed by atoms with van der Waals surface area (Å²) in [5, 5.41) is 15.9. The minimum absolute atomic E-state index is 0.0165. The molecule has 0 radical (unpaired) electrons. The van der Waals surface area contributed by atoms with Crippen LogP contribution in [0.2, 0.25) is 10.0 Å². The van der Waals surface area contributed by atoms with E-state index in [2.05, 4.69) is 15.2 Å². The molecule has 2 rings (SSSR count). The molecule has 0 bridgehead atoms. The Morgan fingerprint density at radius 3 is 2.63 bits per heavy atom. The van der Waals surface area contributed by atoms with E-state index in [1.165, 1.54) is 12.1 Å². The van der Waals surface area contributed by atoms with E-state index < -0.39 is 5.97 Å². The molecule has 0 saturated heterocycles.